The zero-order chi connectivity index (χ0) is 13.7. The molecular formula is C13H22N2O2S2. The van der Waals surface area contributed by atoms with Crippen molar-refractivity contribution in [1.82, 2.24) is 10.0 Å². The molecule has 4 nitrogen and oxygen atoms in total. The van der Waals surface area contributed by atoms with Gasteiger partial charge in [0.1, 0.15) is 0 Å². The monoisotopic (exact) mass is 302 g/mol. The lowest BCUT2D eigenvalue weighted by Crippen LogP contribution is -2.32. The minimum absolute atomic E-state index is 0.445. The Bertz CT molecular complexity index is 492. The van der Waals surface area contributed by atoms with Crippen LogP contribution in [-0.4, -0.2) is 21.5 Å². The minimum atomic E-state index is -3.34. The summed E-state index contributed by atoms with van der Waals surface area (Å²) in [4.78, 5) is 1.34. The van der Waals surface area contributed by atoms with Crippen molar-refractivity contribution in [3.05, 3.63) is 16.3 Å². The molecule has 0 aliphatic heterocycles. The number of hydrogen-bond donors (Lipinski definition) is 2. The van der Waals surface area contributed by atoms with Crippen molar-refractivity contribution < 1.29 is 8.42 Å². The van der Waals surface area contributed by atoms with Gasteiger partial charge in [0, 0.05) is 18.0 Å². The van der Waals surface area contributed by atoms with Gasteiger partial charge in [0.15, 0.2) is 0 Å². The van der Waals surface area contributed by atoms with Crippen LogP contribution in [0.1, 0.15) is 37.5 Å². The first-order valence-corrected chi connectivity index (χ1v) is 9.26. The van der Waals surface area contributed by atoms with Crippen LogP contribution in [0.2, 0.25) is 0 Å². The fourth-order valence-electron chi connectivity index (χ4n) is 2.08. The molecule has 0 unspecified atom stereocenters. The highest BCUT2D eigenvalue weighted by Gasteiger charge is 2.23. The second-order valence-corrected chi connectivity index (χ2v) is 7.77. The topological polar surface area (TPSA) is 58.2 Å². The summed E-state index contributed by atoms with van der Waals surface area (Å²) in [5.74, 6) is 0.537. The van der Waals surface area contributed by atoms with E-state index in [0.29, 0.717) is 23.9 Å². The van der Waals surface area contributed by atoms with Crippen LogP contribution in [0.15, 0.2) is 16.3 Å². The maximum absolute atomic E-state index is 12.3. The number of thiophene rings is 1. The van der Waals surface area contributed by atoms with Crippen LogP contribution >= 0.6 is 11.3 Å². The molecule has 1 aliphatic rings. The second kappa shape index (κ2) is 6.83. The van der Waals surface area contributed by atoms with Gasteiger partial charge in [0.05, 0.1) is 4.90 Å². The van der Waals surface area contributed by atoms with Gasteiger partial charge in [-0.2, -0.15) is 0 Å². The lowest BCUT2D eigenvalue weighted by Gasteiger charge is -2.25. The van der Waals surface area contributed by atoms with Gasteiger partial charge in [0.25, 0.3) is 0 Å². The van der Waals surface area contributed by atoms with Crippen molar-refractivity contribution in [2.24, 2.45) is 5.92 Å². The zero-order valence-corrected chi connectivity index (χ0v) is 12.9. The molecule has 1 aromatic rings. The maximum atomic E-state index is 12.3. The number of sulfonamides is 1. The fourth-order valence-corrected chi connectivity index (χ4v) is 4.61. The third kappa shape index (κ3) is 4.02. The van der Waals surface area contributed by atoms with E-state index in [1.165, 1.54) is 17.8 Å². The van der Waals surface area contributed by atoms with Gasteiger partial charge in [-0.1, -0.05) is 13.3 Å². The van der Waals surface area contributed by atoms with Crippen LogP contribution in [0, 0.1) is 5.92 Å². The maximum Gasteiger partial charge on any atom is 0.241 e. The van der Waals surface area contributed by atoms with Gasteiger partial charge in [-0.25, -0.2) is 13.1 Å². The molecule has 1 heterocycles. The van der Waals surface area contributed by atoms with Crippen molar-refractivity contribution in [1.29, 1.82) is 0 Å². The van der Waals surface area contributed by atoms with E-state index in [-0.39, 0.29) is 0 Å². The van der Waals surface area contributed by atoms with Crippen molar-refractivity contribution in [3.8, 4) is 0 Å². The van der Waals surface area contributed by atoms with Crippen LogP contribution < -0.4 is 10.0 Å². The molecule has 1 saturated carbocycles. The summed E-state index contributed by atoms with van der Waals surface area (Å²) < 4.78 is 27.3. The molecule has 0 atom stereocenters. The summed E-state index contributed by atoms with van der Waals surface area (Å²) in [6.07, 6.45) is 4.58. The number of nitrogens with one attached hydrogen (secondary N) is 2. The second-order valence-electron chi connectivity index (χ2n) is 5.03. The summed E-state index contributed by atoms with van der Waals surface area (Å²) in [5, 5.41) is 5.10. The molecule has 19 heavy (non-hydrogen) atoms. The Morgan fingerprint density at radius 3 is 2.84 bits per heavy atom. The molecule has 0 aromatic carbocycles. The molecule has 2 rings (SSSR count). The summed E-state index contributed by atoms with van der Waals surface area (Å²) in [7, 11) is -3.34. The van der Waals surface area contributed by atoms with E-state index < -0.39 is 10.0 Å². The smallest absolute Gasteiger partial charge is 0.241 e. The van der Waals surface area contributed by atoms with E-state index in [2.05, 4.69) is 17.0 Å². The Morgan fingerprint density at radius 1 is 1.42 bits per heavy atom. The van der Waals surface area contributed by atoms with Gasteiger partial charge in [-0.3, -0.25) is 0 Å². The lowest BCUT2D eigenvalue weighted by molar-refractivity contribution is 0.316. The first kappa shape index (κ1) is 15.0. The highest BCUT2D eigenvalue weighted by Crippen LogP contribution is 2.27. The highest BCUT2D eigenvalue weighted by atomic mass is 32.2. The summed E-state index contributed by atoms with van der Waals surface area (Å²) in [6.45, 7) is 4.22. The third-order valence-corrected chi connectivity index (χ3v) is 6.05. The van der Waals surface area contributed by atoms with Crippen molar-refractivity contribution in [2.45, 2.75) is 44.0 Å². The predicted molar refractivity (Wildman–Crippen MR) is 78.8 cm³/mol. The van der Waals surface area contributed by atoms with Crippen LogP contribution in [-0.2, 0) is 16.6 Å². The molecule has 0 saturated heterocycles. The zero-order valence-electron chi connectivity index (χ0n) is 11.3. The van der Waals surface area contributed by atoms with E-state index in [9.17, 15) is 8.42 Å². The minimum Gasteiger partial charge on any atom is -0.312 e. The molecule has 0 bridgehead atoms. The van der Waals surface area contributed by atoms with Gasteiger partial charge in [-0.15, -0.1) is 11.3 Å². The largest absolute Gasteiger partial charge is 0.312 e. The molecular weight excluding hydrogens is 280 g/mol. The Labute approximate surface area is 119 Å². The van der Waals surface area contributed by atoms with Crippen molar-refractivity contribution >= 4 is 21.4 Å². The van der Waals surface area contributed by atoms with E-state index in [0.717, 1.165) is 30.7 Å². The standard InChI is InChI=1S/C13H22N2O2S2/c1-2-7-14-10-12-13(6-8-18-12)19(16,17)15-9-11-4-3-5-11/h6,8,11,14-15H,2-5,7,9-10H2,1H3. The predicted octanol–water partition coefficient (Wildman–Crippen LogP) is 2.33. The molecule has 1 aromatic heterocycles. The first-order valence-electron chi connectivity index (χ1n) is 6.90. The molecule has 2 N–H and O–H groups in total. The van der Waals surface area contributed by atoms with E-state index in [4.69, 9.17) is 0 Å². The Kier molecular flexibility index (Phi) is 5.38. The quantitative estimate of drug-likeness (QED) is 0.725. The van der Waals surface area contributed by atoms with Gasteiger partial charge < -0.3 is 5.32 Å². The fraction of sp³-hybridized carbons (Fsp3) is 0.692. The average Bonchev–Trinajstić information content (AvgIpc) is 2.76. The molecule has 6 heteroatoms. The SMILES string of the molecule is CCCNCc1sccc1S(=O)(=O)NCC1CCC1. The molecule has 0 radical (unpaired) electrons. The molecule has 0 spiro atoms. The van der Waals surface area contributed by atoms with Crippen molar-refractivity contribution in [2.75, 3.05) is 13.1 Å². The van der Waals surface area contributed by atoms with Crippen LogP contribution in [0.5, 0.6) is 0 Å². The van der Waals surface area contributed by atoms with E-state index in [1.807, 2.05) is 5.38 Å². The Balaban J connectivity index is 1.96. The van der Waals surface area contributed by atoms with Gasteiger partial charge in [0.2, 0.25) is 10.0 Å². The summed E-state index contributed by atoms with van der Waals surface area (Å²) >= 11 is 1.50. The highest BCUT2D eigenvalue weighted by molar-refractivity contribution is 7.89. The molecule has 1 aliphatic carbocycles. The summed E-state index contributed by atoms with van der Waals surface area (Å²) in [6, 6.07) is 1.71. The summed E-state index contributed by atoms with van der Waals surface area (Å²) in [5.41, 5.74) is 0. The third-order valence-electron chi connectivity index (χ3n) is 3.49. The lowest BCUT2D eigenvalue weighted by atomic mass is 9.86. The van der Waals surface area contributed by atoms with Crippen LogP contribution in [0.4, 0.5) is 0 Å². The average molecular weight is 302 g/mol. The van der Waals surface area contributed by atoms with E-state index in [1.54, 1.807) is 6.07 Å². The Hall–Kier alpha value is -0.430. The first-order chi connectivity index (χ1) is 9.13. The molecule has 108 valence electrons. The normalized spacial score (nSPS) is 16.5. The van der Waals surface area contributed by atoms with E-state index >= 15 is 0 Å². The van der Waals surface area contributed by atoms with Crippen molar-refractivity contribution in [3.63, 3.8) is 0 Å². The van der Waals surface area contributed by atoms with Crippen LogP contribution in [0.25, 0.3) is 0 Å². The number of rotatable bonds is 8. The van der Waals surface area contributed by atoms with Gasteiger partial charge >= 0.3 is 0 Å². The molecule has 0 amide bonds. The number of hydrogen-bond acceptors (Lipinski definition) is 4. The van der Waals surface area contributed by atoms with Gasteiger partial charge in [-0.05, 0) is 43.2 Å². The van der Waals surface area contributed by atoms with Crippen LogP contribution in [0.3, 0.4) is 0 Å². The molecule has 1 fully saturated rings. The Morgan fingerprint density at radius 2 is 2.21 bits per heavy atom.